The average molecular weight is 575 g/mol. The predicted molar refractivity (Wildman–Crippen MR) is 150 cm³/mol. The van der Waals surface area contributed by atoms with E-state index in [4.69, 9.17) is 5.11 Å². The molecule has 0 amide bonds. The number of imidazole rings is 2. The van der Waals surface area contributed by atoms with Crippen LogP contribution in [0.4, 0.5) is 0 Å². The van der Waals surface area contributed by atoms with Gasteiger partial charge in [0.25, 0.3) is 0 Å². The minimum absolute atomic E-state index is 0. The van der Waals surface area contributed by atoms with Crippen molar-refractivity contribution in [2.75, 3.05) is 20.8 Å². The molecule has 0 saturated heterocycles. The molecule has 0 saturated carbocycles. The van der Waals surface area contributed by atoms with Crippen LogP contribution in [-0.4, -0.2) is 62.2 Å². The van der Waals surface area contributed by atoms with Crippen molar-refractivity contribution < 1.29 is 39.8 Å². The molecule has 0 unspecified atom stereocenters. The molecule has 4 aromatic heterocycles. The molecule has 0 aliphatic carbocycles. The van der Waals surface area contributed by atoms with Crippen molar-refractivity contribution in [3.05, 3.63) is 96.6 Å². The fraction of sp³-hybridized carbons (Fsp3) is 0.333. The molecule has 10 N–H and O–H groups in total. The zero-order valence-corrected chi connectivity index (χ0v) is 24.2. The van der Waals surface area contributed by atoms with Gasteiger partial charge in [-0.1, -0.05) is 0 Å². The van der Waals surface area contributed by atoms with Crippen LogP contribution in [0.2, 0.25) is 0 Å². The maximum absolute atomic E-state index is 11.4. The summed E-state index contributed by atoms with van der Waals surface area (Å²) in [7, 11) is 6.33. The third-order valence-electron chi connectivity index (χ3n) is 5.62. The van der Waals surface area contributed by atoms with E-state index in [1.54, 1.807) is 12.7 Å². The van der Waals surface area contributed by atoms with E-state index < -0.39 is 0 Å². The normalized spacial score (nSPS) is 9.46. The molecule has 0 spiro atoms. The number of nitrogens with zero attached hydrogens (tertiary/aromatic N) is 6. The second-order valence-corrected chi connectivity index (χ2v) is 8.48. The van der Waals surface area contributed by atoms with Gasteiger partial charge in [-0.15, -0.1) is 0 Å². The van der Waals surface area contributed by atoms with Crippen LogP contribution in [0.25, 0.3) is 0 Å². The first-order valence-corrected chi connectivity index (χ1v) is 12.4. The number of nitrogens with two attached hydrogens (primary N) is 2. The number of esters is 1. The second kappa shape index (κ2) is 20.5. The van der Waals surface area contributed by atoms with Gasteiger partial charge < -0.3 is 30.2 Å². The van der Waals surface area contributed by atoms with E-state index in [0.29, 0.717) is 19.4 Å². The smallest absolute Gasteiger partial charge is 0.310 e. The van der Waals surface area contributed by atoms with E-state index >= 15 is 0 Å². The zero-order chi connectivity index (χ0) is 29.9. The van der Waals surface area contributed by atoms with Crippen LogP contribution in [0.5, 0.6) is 0 Å². The number of rotatable bonds is 9. The number of aryl methyl sites for hydroxylation is 2. The van der Waals surface area contributed by atoms with Crippen molar-refractivity contribution in [2.45, 2.75) is 25.9 Å². The lowest BCUT2D eigenvalue weighted by molar-refractivity contribution is -0.689. The number of aliphatic hydroxyl groups is 1. The minimum atomic E-state index is -0.228. The number of ether oxygens (including phenoxy) is 1. The van der Waals surface area contributed by atoms with Gasteiger partial charge in [-0.05, 0) is 12.1 Å². The fourth-order valence-electron chi connectivity index (χ4n) is 3.56. The number of ketones is 1. The molecular weight excluding hydrogens is 530 g/mol. The Bertz CT molecular complexity index is 1210. The van der Waals surface area contributed by atoms with Crippen LogP contribution < -0.4 is 26.6 Å². The van der Waals surface area contributed by atoms with E-state index in [9.17, 15) is 9.59 Å². The molecule has 0 aliphatic heterocycles. The molecule has 4 rings (SSSR count). The number of methoxy groups -OCH3 is 1. The Labute approximate surface area is 239 Å². The van der Waals surface area contributed by atoms with E-state index in [-0.39, 0.29) is 17.2 Å². The number of hydrogen-bond acceptors (Lipinski definition) is 8. The SMILES string of the molecule is CO.COC(=O)Cc1ccc[n+](Cc2cncn2C)c1.Cn1cncc1C[n+]1cccc(CC(=O)C[NH3+])c1.NN.O. The standard InChI is InChI=1S/C13H17N4O.C13H16N3O2.CH4O.H4N2.H2O/c1-16-10-15-7-12(16)9-17-4-2-3-11(8-17)5-13(18)6-14;1-15-10-14-7-12(15)9-16-5-3-4-11(8-16)6-13(17)18-2;2*1-2;/h2-4,7-8,10H,5-6,9,14H2,1H3;3-5,7-8,10H,6,9H2,1-2H3;2H,1H3;1-2H2;1H2/q2*+1;;;/p+1. The van der Waals surface area contributed by atoms with E-state index in [1.807, 2.05) is 89.2 Å². The lowest BCUT2D eigenvalue weighted by Gasteiger charge is -2.01. The highest BCUT2D eigenvalue weighted by Gasteiger charge is 2.11. The van der Waals surface area contributed by atoms with Crippen molar-refractivity contribution >= 4 is 11.8 Å². The first kappa shape index (κ1) is 36.7. The van der Waals surface area contributed by atoms with E-state index in [1.165, 1.54) is 7.11 Å². The van der Waals surface area contributed by atoms with Crippen LogP contribution in [-0.2, 0) is 54.4 Å². The van der Waals surface area contributed by atoms with Gasteiger partial charge in [0.05, 0.1) is 38.6 Å². The van der Waals surface area contributed by atoms with Crippen LogP contribution in [0.1, 0.15) is 22.5 Å². The summed E-state index contributed by atoms with van der Waals surface area (Å²) in [6.07, 6.45) is 15.9. The van der Waals surface area contributed by atoms with Gasteiger partial charge in [0.2, 0.25) is 0 Å². The molecule has 41 heavy (non-hydrogen) atoms. The topological polar surface area (TPSA) is 218 Å². The Morgan fingerprint density at radius 3 is 1.71 bits per heavy atom. The summed E-state index contributed by atoms with van der Waals surface area (Å²) in [5, 5.41) is 7.00. The number of aromatic nitrogens is 6. The van der Waals surface area contributed by atoms with Crippen molar-refractivity contribution in [1.29, 1.82) is 0 Å². The lowest BCUT2D eigenvalue weighted by Crippen LogP contribution is -2.54. The van der Waals surface area contributed by atoms with Gasteiger partial charge in [0.1, 0.15) is 17.9 Å². The van der Waals surface area contributed by atoms with Crippen molar-refractivity contribution in [1.82, 2.24) is 19.1 Å². The van der Waals surface area contributed by atoms with Gasteiger partial charge in [-0.2, -0.15) is 9.13 Å². The molecule has 0 atom stereocenters. The summed E-state index contributed by atoms with van der Waals surface area (Å²) in [6.45, 7) is 1.82. The summed E-state index contributed by atoms with van der Waals surface area (Å²) in [5.74, 6) is 7.93. The highest BCUT2D eigenvalue weighted by Crippen LogP contribution is 2.01. The summed E-state index contributed by atoms with van der Waals surface area (Å²) in [4.78, 5) is 30.8. The Morgan fingerprint density at radius 2 is 1.34 bits per heavy atom. The fourth-order valence-corrected chi connectivity index (χ4v) is 3.56. The summed E-state index contributed by atoms with van der Waals surface area (Å²) < 4.78 is 12.7. The number of hydrogen-bond donors (Lipinski definition) is 4. The number of quaternary nitrogens is 1. The first-order chi connectivity index (χ1) is 19.4. The second-order valence-electron chi connectivity index (χ2n) is 8.48. The number of carbonyl (C=O) groups excluding carboxylic acids is 2. The van der Waals surface area contributed by atoms with Gasteiger partial charge in [-0.25, -0.2) is 9.97 Å². The molecule has 224 valence electrons. The molecule has 0 fully saturated rings. The van der Waals surface area contributed by atoms with E-state index in [0.717, 1.165) is 42.7 Å². The Morgan fingerprint density at radius 1 is 0.902 bits per heavy atom. The van der Waals surface area contributed by atoms with Crippen molar-refractivity contribution in [3.8, 4) is 0 Å². The van der Waals surface area contributed by atoms with Crippen molar-refractivity contribution in [3.63, 3.8) is 0 Å². The van der Waals surface area contributed by atoms with Gasteiger partial charge >= 0.3 is 5.97 Å². The number of pyridine rings is 2. The summed E-state index contributed by atoms with van der Waals surface area (Å²) in [6, 6.07) is 7.76. The largest absolute Gasteiger partial charge is 0.469 e. The molecule has 0 radical (unpaired) electrons. The molecule has 0 aromatic carbocycles. The Hall–Kier alpha value is -4.34. The number of carbonyl (C=O) groups is 2. The third kappa shape index (κ3) is 13.0. The van der Waals surface area contributed by atoms with Crippen LogP contribution in [0.3, 0.4) is 0 Å². The molecule has 14 nitrogen and oxygen atoms in total. The van der Waals surface area contributed by atoms with Gasteiger partial charge in [-0.3, -0.25) is 21.3 Å². The highest BCUT2D eigenvalue weighted by molar-refractivity contribution is 5.81. The minimum Gasteiger partial charge on any atom is -0.469 e. The lowest BCUT2D eigenvalue weighted by atomic mass is 10.1. The molecule has 4 heterocycles. The van der Waals surface area contributed by atoms with E-state index in [2.05, 4.69) is 36.7 Å². The number of Topliss-reactive ketones (excluding diaryl/α,β-unsaturated/α-hetero) is 1. The monoisotopic (exact) mass is 574 g/mol. The predicted octanol–water partition coefficient (Wildman–Crippen LogP) is -2.82. The van der Waals surface area contributed by atoms with Gasteiger partial charge in [0.15, 0.2) is 43.7 Å². The molecule has 4 aromatic rings. The quantitative estimate of drug-likeness (QED) is 0.0705. The number of hydrazine groups is 1. The zero-order valence-electron chi connectivity index (χ0n) is 24.2. The first-order valence-electron chi connectivity index (χ1n) is 12.4. The molecule has 0 aliphatic rings. The molecular formula is C27H44N9O5+3. The van der Waals surface area contributed by atoms with Crippen LogP contribution >= 0.6 is 0 Å². The average Bonchev–Trinajstić information content (AvgIpc) is 3.58. The number of aliphatic hydroxyl groups excluding tert-OH is 1. The maximum atomic E-state index is 11.4. The summed E-state index contributed by atoms with van der Waals surface area (Å²) >= 11 is 0. The van der Waals surface area contributed by atoms with Gasteiger partial charge in [0, 0.05) is 50.9 Å². The molecule has 14 heteroatoms. The van der Waals surface area contributed by atoms with Crippen LogP contribution in [0.15, 0.2) is 74.1 Å². The Kier molecular flexibility index (Phi) is 18.4. The van der Waals surface area contributed by atoms with Crippen molar-refractivity contribution in [2.24, 2.45) is 25.8 Å². The highest BCUT2D eigenvalue weighted by atomic mass is 16.5. The Balaban J connectivity index is 0.000000681. The third-order valence-corrected chi connectivity index (χ3v) is 5.62. The van der Waals surface area contributed by atoms with Crippen LogP contribution in [0, 0.1) is 0 Å². The molecule has 0 bridgehead atoms. The maximum Gasteiger partial charge on any atom is 0.310 e. The summed E-state index contributed by atoms with van der Waals surface area (Å²) in [5.41, 5.74) is 7.80.